The molecule has 9 heteroatoms. The maximum atomic E-state index is 12.4. The van der Waals surface area contributed by atoms with Gasteiger partial charge < -0.3 is 9.47 Å². The molecule has 0 aliphatic rings. The van der Waals surface area contributed by atoms with E-state index in [0.29, 0.717) is 10.8 Å². The van der Waals surface area contributed by atoms with Crippen molar-refractivity contribution in [2.45, 2.75) is 11.8 Å². The number of carbonyl (C=O) groups is 1. The van der Waals surface area contributed by atoms with Crippen molar-refractivity contribution in [3.8, 4) is 5.75 Å². The quantitative estimate of drug-likeness (QED) is 0.712. The second-order valence-electron chi connectivity index (χ2n) is 4.79. The molecule has 0 unspecified atom stereocenters. The van der Waals surface area contributed by atoms with Gasteiger partial charge in [-0.3, -0.25) is 4.72 Å². The molecular formula is C16H15Cl2NO5S. The molecule has 2 rings (SSSR count). The molecule has 0 aliphatic carbocycles. The first-order chi connectivity index (χ1) is 11.8. The Hall–Kier alpha value is -1.96. The Labute approximate surface area is 155 Å². The second kappa shape index (κ2) is 8.42. The Morgan fingerprint density at radius 2 is 1.80 bits per heavy atom. The number of hydrogen-bond donors (Lipinski definition) is 1. The lowest BCUT2D eigenvalue weighted by molar-refractivity contribution is -0.145. The minimum absolute atomic E-state index is 0.00651. The summed E-state index contributed by atoms with van der Waals surface area (Å²) in [5, 5.41) is 0.576. The molecule has 0 amide bonds. The SMILES string of the molecule is CCOC(=O)COc1ccc(S(=O)(=O)Nc2cc(Cl)ccc2Cl)cc1. The van der Waals surface area contributed by atoms with Crippen LogP contribution in [0.3, 0.4) is 0 Å². The number of carbonyl (C=O) groups excluding carboxylic acids is 1. The van der Waals surface area contributed by atoms with Crippen molar-refractivity contribution in [2.24, 2.45) is 0 Å². The van der Waals surface area contributed by atoms with Crippen LogP contribution in [0.5, 0.6) is 5.75 Å². The molecule has 0 saturated carbocycles. The van der Waals surface area contributed by atoms with Gasteiger partial charge in [-0.2, -0.15) is 0 Å². The van der Waals surface area contributed by atoms with Crippen LogP contribution < -0.4 is 9.46 Å². The van der Waals surface area contributed by atoms with Gasteiger partial charge in [0.15, 0.2) is 6.61 Å². The molecule has 2 aromatic rings. The van der Waals surface area contributed by atoms with Crippen LogP contribution in [-0.4, -0.2) is 27.6 Å². The van der Waals surface area contributed by atoms with Gasteiger partial charge in [0.05, 0.1) is 22.2 Å². The molecule has 0 spiro atoms. The van der Waals surface area contributed by atoms with E-state index in [1.54, 1.807) is 13.0 Å². The van der Waals surface area contributed by atoms with Crippen LogP contribution in [0.2, 0.25) is 10.0 Å². The molecule has 1 N–H and O–H groups in total. The predicted molar refractivity (Wildman–Crippen MR) is 95.8 cm³/mol. The minimum atomic E-state index is -3.85. The Bertz CT molecular complexity index is 853. The number of benzene rings is 2. The van der Waals surface area contributed by atoms with E-state index < -0.39 is 16.0 Å². The first-order valence-corrected chi connectivity index (χ1v) is 9.42. The van der Waals surface area contributed by atoms with E-state index >= 15 is 0 Å². The third kappa shape index (κ3) is 5.52. The highest BCUT2D eigenvalue weighted by molar-refractivity contribution is 7.92. The summed E-state index contributed by atoms with van der Waals surface area (Å²) in [4.78, 5) is 11.2. The van der Waals surface area contributed by atoms with Crippen molar-refractivity contribution in [3.63, 3.8) is 0 Å². The van der Waals surface area contributed by atoms with E-state index in [2.05, 4.69) is 4.72 Å². The van der Waals surface area contributed by atoms with Gasteiger partial charge in [0.25, 0.3) is 10.0 Å². The Balaban J connectivity index is 2.09. The number of hydrogen-bond acceptors (Lipinski definition) is 5. The molecule has 0 heterocycles. The van der Waals surface area contributed by atoms with Gasteiger partial charge >= 0.3 is 5.97 Å². The number of rotatable bonds is 7. The molecule has 0 aromatic heterocycles. The molecule has 0 aliphatic heterocycles. The maximum Gasteiger partial charge on any atom is 0.344 e. The van der Waals surface area contributed by atoms with Crippen molar-refractivity contribution >= 4 is 44.9 Å². The molecular weight excluding hydrogens is 389 g/mol. The molecule has 6 nitrogen and oxygen atoms in total. The molecule has 25 heavy (non-hydrogen) atoms. The zero-order valence-electron chi connectivity index (χ0n) is 13.2. The lowest BCUT2D eigenvalue weighted by Crippen LogP contribution is -2.15. The van der Waals surface area contributed by atoms with Crippen LogP contribution >= 0.6 is 23.2 Å². The number of halogens is 2. The number of sulfonamides is 1. The summed E-state index contributed by atoms with van der Waals surface area (Å²) in [6.45, 7) is 1.70. The molecule has 0 bridgehead atoms. The van der Waals surface area contributed by atoms with E-state index in [0.717, 1.165) is 0 Å². The smallest absolute Gasteiger partial charge is 0.344 e. The highest BCUT2D eigenvalue weighted by atomic mass is 35.5. The second-order valence-corrected chi connectivity index (χ2v) is 7.32. The van der Waals surface area contributed by atoms with E-state index in [4.69, 9.17) is 32.7 Å². The molecule has 2 aromatic carbocycles. The van der Waals surface area contributed by atoms with E-state index in [-0.39, 0.29) is 28.8 Å². The summed E-state index contributed by atoms with van der Waals surface area (Å²) in [6, 6.07) is 10.0. The standard InChI is InChI=1S/C16H15Cl2NO5S/c1-2-23-16(20)10-24-12-4-6-13(7-5-12)25(21,22)19-15-9-11(17)3-8-14(15)18/h3-9,19H,2,10H2,1H3. The zero-order valence-corrected chi connectivity index (χ0v) is 15.5. The molecule has 0 atom stereocenters. The number of ether oxygens (including phenoxy) is 2. The highest BCUT2D eigenvalue weighted by Gasteiger charge is 2.16. The van der Waals surface area contributed by atoms with Crippen LogP contribution in [0.4, 0.5) is 5.69 Å². The maximum absolute atomic E-state index is 12.4. The van der Waals surface area contributed by atoms with Gasteiger partial charge in [-0.15, -0.1) is 0 Å². The predicted octanol–water partition coefficient (Wildman–Crippen LogP) is 3.74. The lowest BCUT2D eigenvalue weighted by Gasteiger charge is -2.11. The Morgan fingerprint density at radius 3 is 2.44 bits per heavy atom. The van der Waals surface area contributed by atoms with Crippen molar-refractivity contribution in [1.29, 1.82) is 0 Å². The Kier molecular flexibility index (Phi) is 6.52. The van der Waals surface area contributed by atoms with Crippen LogP contribution in [0.15, 0.2) is 47.4 Å². The highest BCUT2D eigenvalue weighted by Crippen LogP contribution is 2.28. The third-order valence-electron chi connectivity index (χ3n) is 2.97. The van der Waals surface area contributed by atoms with Crippen molar-refractivity contribution in [2.75, 3.05) is 17.9 Å². The van der Waals surface area contributed by atoms with Gasteiger partial charge in [-0.25, -0.2) is 13.2 Å². The largest absolute Gasteiger partial charge is 0.482 e. The average Bonchev–Trinajstić information content (AvgIpc) is 2.57. The first-order valence-electron chi connectivity index (χ1n) is 7.18. The zero-order chi connectivity index (χ0) is 18.4. The summed E-state index contributed by atoms with van der Waals surface area (Å²) >= 11 is 11.8. The van der Waals surface area contributed by atoms with E-state index in [1.807, 2.05) is 0 Å². The van der Waals surface area contributed by atoms with Crippen LogP contribution in [0.25, 0.3) is 0 Å². The summed E-state index contributed by atoms with van der Waals surface area (Å²) in [5.74, 6) is -0.163. The van der Waals surface area contributed by atoms with Crippen molar-refractivity contribution in [1.82, 2.24) is 0 Å². The Morgan fingerprint density at radius 1 is 1.12 bits per heavy atom. The minimum Gasteiger partial charge on any atom is -0.482 e. The normalized spacial score (nSPS) is 11.0. The van der Waals surface area contributed by atoms with E-state index in [9.17, 15) is 13.2 Å². The summed E-state index contributed by atoms with van der Waals surface area (Å²) in [6.07, 6.45) is 0. The molecule has 0 saturated heterocycles. The van der Waals surface area contributed by atoms with E-state index in [1.165, 1.54) is 36.4 Å². The fourth-order valence-corrected chi connectivity index (χ4v) is 3.30. The fraction of sp³-hybridized carbons (Fsp3) is 0.188. The molecule has 0 radical (unpaired) electrons. The van der Waals surface area contributed by atoms with Crippen LogP contribution in [0.1, 0.15) is 6.92 Å². The average molecular weight is 404 g/mol. The number of nitrogens with one attached hydrogen (secondary N) is 1. The van der Waals surface area contributed by atoms with Crippen molar-refractivity contribution in [3.05, 3.63) is 52.5 Å². The number of esters is 1. The van der Waals surface area contributed by atoms with Crippen molar-refractivity contribution < 1.29 is 22.7 Å². The number of anilines is 1. The van der Waals surface area contributed by atoms with Gasteiger partial charge in [0.2, 0.25) is 0 Å². The van der Waals surface area contributed by atoms with Gasteiger partial charge in [-0.1, -0.05) is 23.2 Å². The molecule has 134 valence electrons. The van der Waals surface area contributed by atoms with Crippen LogP contribution in [-0.2, 0) is 19.6 Å². The fourth-order valence-electron chi connectivity index (χ4n) is 1.84. The van der Waals surface area contributed by atoms with Crippen LogP contribution in [0, 0.1) is 0 Å². The first kappa shape index (κ1) is 19.4. The lowest BCUT2D eigenvalue weighted by atomic mass is 10.3. The van der Waals surface area contributed by atoms with Gasteiger partial charge in [0.1, 0.15) is 5.75 Å². The van der Waals surface area contributed by atoms with Gasteiger partial charge in [0, 0.05) is 5.02 Å². The summed E-state index contributed by atoms with van der Waals surface area (Å²) in [7, 11) is -3.85. The van der Waals surface area contributed by atoms with Gasteiger partial charge in [-0.05, 0) is 49.4 Å². The monoisotopic (exact) mass is 403 g/mol. The molecule has 0 fully saturated rings. The summed E-state index contributed by atoms with van der Waals surface area (Å²) in [5.41, 5.74) is 0.178. The third-order valence-corrected chi connectivity index (χ3v) is 4.91. The summed E-state index contributed by atoms with van der Waals surface area (Å²) < 4.78 is 37.1. The topological polar surface area (TPSA) is 81.7 Å².